The van der Waals surface area contributed by atoms with E-state index in [9.17, 15) is 0 Å². The van der Waals surface area contributed by atoms with Crippen molar-refractivity contribution in [1.82, 2.24) is 10.2 Å². The number of hydrogen-bond acceptors (Lipinski definition) is 3. The Morgan fingerprint density at radius 3 is 2.00 bits per heavy atom. The summed E-state index contributed by atoms with van der Waals surface area (Å²) in [5.41, 5.74) is 3.11. The maximum atomic E-state index is 5.85. The Bertz CT molecular complexity index is 607. The van der Waals surface area contributed by atoms with E-state index in [1.165, 1.54) is 57.8 Å². The van der Waals surface area contributed by atoms with Gasteiger partial charge in [0, 0.05) is 5.56 Å². The lowest BCUT2D eigenvalue weighted by Gasteiger charge is -2.07. The Morgan fingerprint density at radius 2 is 1.33 bits per heavy atom. The average Bonchev–Trinajstić information content (AvgIpc) is 2.71. The lowest BCUT2D eigenvalue weighted by atomic mass is 10.1. The van der Waals surface area contributed by atoms with Crippen molar-refractivity contribution < 1.29 is 4.74 Å². The second kappa shape index (κ2) is 13.3. The van der Waals surface area contributed by atoms with Crippen LogP contribution in [0.5, 0.6) is 5.75 Å². The molecule has 0 bridgehead atoms. The van der Waals surface area contributed by atoms with Gasteiger partial charge in [0.1, 0.15) is 5.75 Å². The zero-order valence-electron chi connectivity index (χ0n) is 17.3. The number of rotatable bonds is 14. The van der Waals surface area contributed by atoms with Gasteiger partial charge in [-0.2, -0.15) is 10.2 Å². The van der Waals surface area contributed by atoms with Crippen LogP contribution in [0.2, 0.25) is 0 Å². The summed E-state index contributed by atoms with van der Waals surface area (Å²) >= 11 is 0. The Kier molecular flexibility index (Phi) is 10.5. The third-order valence-electron chi connectivity index (χ3n) is 4.92. The number of hydrogen-bond donors (Lipinski definition) is 0. The van der Waals surface area contributed by atoms with Gasteiger partial charge in [-0.05, 0) is 55.7 Å². The maximum absolute atomic E-state index is 5.85. The first-order valence-electron chi connectivity index (χ1n) is 10.9. The third kappa shape index (κ3) is 8.55. The number of benzene rings is 1. The van der Waals surface area contributed by atoms with Gasteiger partial charge in [0.15, 0.2) is 0 Å². The van der Waals surface area contributed by atoms with Crippen LogP contribution in [-0.4, -0.2) is 16.8 Å². The molecule has 1 heterocycles. The monoisotopic (exact) mass is 368 g/mol. The molecular weight excluding hydrogens is 332 g/mol. The second-order valence-corrected chi connectivity index (χ2v) is 7.36. The van der Waals surface area contributed by atoms with E-state index in [1.54, 1.807) is 0 Å². The molecule has 0 aliphatic carbocycles. The first kappa shape index (κ1) is 21.4. The predicted molar refractivity (Wildman–Crippen MR) is 114 cm³/mol. The summed E-state index contributed by atoms with van der Waals surface area (Å²) in [7, 11) is 0. The Morgan fingerprint density at radius 1 is 0.667 bits per heavy atom. The van der Waals surface area contributed by atoms with Gasteiger partial charge in [-0.3, -0.25) is 0 Å². The number of nitrogens with zero attached hydrogens (tertiary/aromatic N) is 2. The molecule has 27 heavy (non-hydrogen) atoms. The zero-order valence-corrected chi connectivity index (χ0v) is 17.3. The Hall–Kier alpha value is -1.90. The van der Waals surface area contributed by atoms with E-state index in [0.29, 0.717) is 0 Å². The summed E-state index contributed by atoms with van der Waals surface area (Å²) < 4.78 is 5.85. The van der Waals surface area contributed by atoms with Gasteiger partial charge in [0.05, 0.1) is 18.0 Å². The van der Waals surface area contributed by atoms with Crippen LogP contribution in [0, 0.1) is 0 Å². The van der Waals surface area contributed by atoms with Crippen molar-refractivity contribution in [2.75, 3.05) is 6.61 Å². The van der Waals surface area contributed by atoms with Crippen LogP contribution in [0.25, 0.3) is 11.3 Å². The molecule has 148 valence electrons. The number of aromatic nitrogens is 2. The van der Waals surface area contributed by atoms with Crippen molar-refractivity contribution in [1.29, 1.82) is 0 Å². The quantitative estimate of drug-likeness (QED) is 0.336. The van der Waals surface area contributed by atoms with Crippen LogP contribution in [0.4, 0.5) is 0 Å². The molecule has 2 aromatic rings. The molecule has 0 unspecified atom stereocenters. The standard InChI is InChI=1S/C24H36N2O/c1-3-5-7-9-10-12-20-27-23-17-14-21(15-18-23)24-19-16-22(25-26-24)13-11-8-6-4-2/h14-19H,3-13,20H2,1-2H3. The summed E-state index contributed by atoms with van der Waals surface area (Å²) in [4.78, 5) is 0. The smallest absolute Gasteiger partial charge is 0.119 e. The topological polar surface area (TPSA) is 35.0 Å². The minimum atomic E-state index is 0.804. The predicted octanol–water partition coefficient (Wildman–Crippen LogP) is 7.01. The molecule has 3 heteroatoms. The molecule has 3 nitrogen and oxygen atoms in total. The first-order valence-corrected chi connectivity index (χ1v) is 10.9. The molecule has 0 saturated heterocycles. The highest BCUT2D eigenvalue weighted by Crippen LogP contribution is 2.21. The highest BCUT2D eigenvalue weighted by atomic mass is 16.5. The van der Waals surface area contributed by atoms with Crippen LogP contribution in [0.1, 0.15) is 83.7 Å². The summed E-state index contributed by atoms with van der Waals surface area (Å²) in [6.45, 7) is 5.29. The lowest BCUT2D eigenvalue weighted by molar-refractivity contribution is 0.304. The molecule has 0 aliphatic rings. The fourth-order valence-corrected chi connectivity index (χ4v) is 3.17. The highest BCUT2D eigenvalue weighted by Gasteiger charge is 2.03. The molecule has 0 atom stereocenters. The maximum Gasteiger partial charge on any atom is 0.119 e. The SMILES string of the molecule is CCCCCCCCOc1ccc(-c2ccc(CCCCCC)nn2)cc1. The summed E-state index contributed by atoms with van der Waals surface area (Å²) in [5.74, 6) is 0.938. The van der Waals surface area contributed by atoms with Crippen molar-refractivity contribution in [2.45, 2.75) is 84.5 Å². The fourth-order valence-electron chi connectivity index (χ4n) is 3.17. The molecule has 0 aliphatic heterocycles. The van der Waals surface area contributed by atoms with Gasteiger partial charge in [-0.1, -0.05) is 65.2 Å². The molecule has 0 fully saturated rings. The molecule has 0 saturated carbocycles. The van der Waals surface area contributed by atoms with Crippen molar-refractivity contribution in [2.24, 2.45) is 0 Å². The minimum Gasteiger partial charge on any atom is -0.494 e. The van der Waals surface area contributed by atoms with Gasteiger partial charge < -0.3 is 4.74 Å². The van der Waals surface area contributed by atoms with Crippen LogP contribution < -0.4 is 4.74 Å². The zero-order chi connectivity index (χ0) is 19.2. The van der Waals surface area contributed by atoms with Crippen LogP contribution >= 0.6 is 0 Å². The van der Waals surface area contributed by atoms with E-state index in [2.05, 4.69) is 48.3 Å². The van der Waals surface area contributed by atoms with Crippen LogP contribution in [0.15, 0.2) is 36.4 Å². The van der Waals surface area contributed by atoms with E-state index >= 15 is 0 Å². The lowest BCUT2D eigenvalue weighted by Crippen LogP contribution is -1.98. The fraction of sp³-hybridized carbons (Fsp3) is 0.583. The molecule has 0 amide bonds. The number of ether oxygens (including phenoxy) is 1. The largest absolute Gasteiger partial charge is 0.494 e. The normalized spacial score (nSPS) is 10.9. The molecule has 2 rings (SSSR count). The van der Waals surface area contributed by atoms with Gasteiger partial charge in [0.2, 0.25) is 0 Å². The molecule has 1 aromatic carbocycles. The van der Waals surface area contributed by atoms with Crippen molar-refractivity contribution in [3.05, 3.63) is 42.1 Å². The van der Waals surface area contributed by atoms with Crippen molar-refractivity contribution in [3.63, 3.8) is 0 Å². The molecule has 0 radical (unpaired) electrons. The molecule has 0 spiro atoms. The summed E-state index contributed by atoms with van der Waals surface area (Å²) in [6, 6.07) is 12.4. The third-order valence-corrected chi connectivity index (χ3v) is 4.92. The summed E-state index contributed by atoms with van der Waals surface area (Å²) in [5, 5.41) is 8.78. The molecular formula is C24H36N2O. The van der Waals surface area contributed by atoms with E-state index in [4.69, 9.17) is 4.74 Å². The Labute approximate surface area is 165 Å². The summed E-state index contributed by atoms with van der Waals surface area (Å²) in [6.07, 6.45) is 13.8. The second-order valence-electron chi connectivity index (χ2n) is 7.36. The number of unbranched alkanes of at least 4 members (excludes halogenated alkanes) is 8. The molecule has 0 N–H and O–H groups in total. The van der Waals surface area contributed by atoms with Gasteiger partial charge in [-0.25, -0.2) is 0 Å². The van der Waals surface area contributed by atoms with E-state index in [-0.39, 0.29) is 0 Å². The minimum absolute atomic E-state index is 0.804. The van der Waals surface area contributed by atoms with E-state index in [1.807, 2.05) is 12.1 Å². The van der Waals surface area contributed by atoms with Crippen LogP contribution in [-0.2, 0) is 6.42 Å². The highest BCUT2D eigenvalue weighted by molar-refractivity contribution is 5.59. The first-order chi connectivity index (χ1) is 13.3. The number of aryl methyl sites for hydroxylation is 1. The van der Waals surface area contributed by atoms with E-state index in [0.717, 1.165) is 42.1 Å². The van der Waals surface area contributed by atoms with Crippen molar-refractivity contribution >= 4 is 0 Å². The van der Waals surface area contributed by atoms with E-state index < -0.39 is 0 Å². The van der Waals surface area contributed by atoms with Gasteiger partial charge in [-0.15, -0.1) is 0 Å². The Balaban J connectivity index is 1.72. The van der Waals surface area contributed by atoms with Gasteiger partial charge in [0.25, 0.3) is 0 Å². The van der Waals surface area contributed by atoms with Crippen molar-refractivity contribution in [3.8, 4) is 17.0 Å². The van der Waals surface area contributed by atoms with Crippen LogP contribution in [0.3, 0.4) is 0 Å². The van der Waals surface area contributed by atoms with Gasteiger partial charge >= 0.3 is 0 Å². The average molecular weight is 369 g/mol. The molecule has 1 aromatic heterocycles.